The number of methoxy groups -OCH3 is 1. The quantitative estimate of drug-likeness (QED) is 0.735. The van der Waals surface area contributed by atoms with Gasteiger partial charge in [0.05, 0.1) is 12.1 Å². The van der Waals surface area contributed by atoms with E-state index in [0.29, 0.717) is 10.8 Å². The van der Waals surface area contributed by atoms with Crippen LogP contribution in [-0.4, -0.2) is 27.4 Å². The highest BCUT2D eigenvalue weighted by Gasteiger charge is 2.11. The van der Waals surface area contributed by atoms with Gasteiger partial charge in [-0.25, -0.2) is 0 Å². The molecule has 0 aliphatic rings. The monoisotopic (exact) mass is 271 g/mol. The normalized spacial score (nSPS) is 12.4. The van der Waals surface area contributed by atoms with E-state index in [0.717, 1.165) is 26.1 Å². The highest BCUT2D eigenvalue weighted by Crippen LogP contribution is 2.28. The number of rotatable bonds is 8. The minimum atomic E-state index is 0.257. The molecule has 1 aromatic rings. The van der Waals surface area contributed by atoms with E-state index >= 15 is 0 Å². The smallest absolute Gasteiger partial charge is 0.137 e. The molecule has 0 radical (unpaired) electrons. The summed E-state index contributed by atoms with van der Waals surface area (Å²) >= 11 is 6.02. The fourth-order valence-electron chi connectivity index (χ4n) is 1.82. The van der Waals surface area contributed by atoms with E-state index in [-0.39, 0.29) is 6.04 Å². The Morgan fingerprint density at radius 3 is 2.72 bits per heavy atom. The zero-order valence-electron chi connectivity index (χ0n) is 11.3. The van der Waals surface area contributed by atoms with Crippen LogP contribution in [0.15, 0.2) is 18.2 Å². The van der Waals surface area contributed by atoms with Crippen molar-refractivity contribution < 1.29 is 9.47 Å². The Kier molecular flexibility index (Phi) is 7.09. The van der Waals surface area contributed by atoms with E-state index in [1.54, 1.807) is 7.11 Å². The van der Waals surface area contributed by atoms with Crippen LogP contribution in [0.5, 0.6) is 5.75 Å². The number of ether oxygens (including phenoxy) is 2. The van der Waals surface area contributed by atoms with Crippen LogP contribution in [0.2, 0.25) is 5.02 Å². The first-order valence-electron chi connectivity index (χ1n) is 6.31. The third-order valence-corrected chi connectivity index (χ3v) is 3.14. The predicted molar refractivity (Wildman–Crippen MR) is 75.5 cm³/mol. The number of nitrogens with one attached hydrogen (secondary N) is 1. The van der Waals surface area contributed by atoms with Crippen LogP contribution in [-0.2, 0) is 4.74 Å². The highest BCUT2D eigenvalue weighted by molar-refractivity contribution is 6.32. The van der Waals surface area contributed by atoms with Gasteiger partial charge in [0, 0.05) is 19.3 Å². The average Bonchev–Trinajstić information content (AvgIpc) is 2.40. The summed E-state index contributed by atoms with van der Waals surface area (Å²) in [7, 11) is 3.58. The second-order valence-electron chi connectivity index (χ2n) is 4.14. The second-order valence-corrected chi connectivity index (χ2v) is 4.54. The number of halogens is 1. The molecular weight excluding hydrogens is 250 g/mol. The Labute approximate surface area is 114 Å². The van der Waals surface area contributed by atoms with Gasteiger partial charge in [0.1, 0.15) is 5.75 Å². The van der Waals surface area contributed by atoms with Crippen molar-refractivity contribution in [3.63, 3.8) is 0 Å². The molecule has 1 aromatic carbocycles. The van der Waals surface area contributed by atoms with Gasteiger partial charge in [-0.1, -0.05) is 24.6 Å². The maximum atomic E-state index is 6.02. The van der Waals surface area contributed by atoms with Crippen molar-refractivity contribution in [1.82, 2.24) is 5.32 Å². The summed E-state index contributed by atoms with van der Waals surface area (Å²) in [5, 5.41) is 3.92. The second kappa shape index (κ2) is 8.35. The fraction of sp³-hybridized carbons (Fsp3) is 0.571. The van der Waals surface area contributed by atoms with Gasteiger partial charge < -0.3 is 14.8 Å². The van der Waals surface area contributed by atoms with Crippen molar-refractivity contribution >= 4 is 11.6 Å². The lowest BCUT2D eigenvalue weighted by atomic mass is 10.0. The van der Waals surface area contributed by atoms with Crippen LogP contribution in [0.1, 0.15) is 31.4 Å². The Bertz CT molecular complexity index is 358. The molecule has 0 spiro atoms. The van der Waals surface area contributed by atoms with Gasteiger partial charge in [-0.05, 0) is 37.6 Å². The maximum Gasteiger partial charge on any atom is 0.137 e. The zero-order valence-corrected chi connectivity index (χ0v) is 12.1. The topological polar surface area (TPSA) is 30.5 Å². The third kappa shape index (κ3) is 4.48. The minimum absolute atomic E-state index is 0.257. The molecule has 1 rings (SSSR count). The number of hydrogen-bond donors (Lipinski definition) is 1. The van der Waals surface area contributed by atoms with Crippen molar-refractivity contribution in [1.29, 1.82) is 0 Å². The average molecular weight is 272 g/mol. The van der Waals surface area contributed by atoms with Gasteiger partial charge in [0.25, 0.3) is 0 Å². The number of benzene rings is 1. The molecule has 18 heavy (non-hydrogen) atoms. The van der Waals surface area contributed by atoms with Crippen LogP contribution >= 0.6 is 11.6 Å². The van der Waals surface area contributed by atoms with Gasteiger partial charge in [-0.3, -0.25) is 0 Å². The molecule has 4 heteroatoms. The van der Waals surface area contributed by atoms with E-state index in [1.165, 1.54) is 5.56 Å². The van der Waals surface area contributed by atoms with Gasteiger partial charge in [0.15, 0.2) is 0 Å². The van der Waals surface area contributed by atoms with E-state index in [4.69, 9.17) is 21.1 Å². The largest absolute Gasteiger partial charge is 0.495 e. The van der Waals surface area contributed by atoms with Gasteiger partial charge in [-0.2, -0.15) is 0 Å². The lowest BCUT2D eigenvalue weighted by molar-refractivity contribution is 0.125. The van der Waals surface area contributed by atoms with Crippen molar-refractivity contribution in [3.05, 3.63) is 28.8 Å². The lowest BCUT2D eigenvalue weighted by Gasteiger charge is -2.17. The van der Waals surface area contributed by atoms with Crippen LogP contribution in [0.4, 0.5) is 0 Å². The minimum Gasteiger partial charge on any atom is -0.495 e. The predicted octanol–water partition coefficient (Wildman–Crippen LogP) is 3.43. The van der Waals surface area contributed by atoms with Gasteiger partial charge in [0.2, 0.25) is 0 Å². The lowest BCUT2D eigenvalue weighted by Crippen LogP contribution is -2.18. The summed E-state index contributed by atoms with van der Waals surface area (Å²) in [5.41, 5.74) is 1.17. The molecule has 0 fully saturated rings. The van der Waals surface area contributed by atoms with Crippen molar-refractivity contribution in [3.8, 4) is 5.75 Å². The summed E-state index contributed by atoms with van der Waals surface area (Å²) in [6, 6.07) is 6.12. The molecule has 0 aliphatic heterocycles. The van der Waals surface area contributed by atoms with Crippen LogP contribution in [0, 0.1) is 0 Å². The van der Waals surface area contributed by atoms with Gasteiger partial charge >= 0.3 is 0 Å². The highest BCUT2D eigenvalue weighted by atomic mass is 35.5. The van der Waals surface area contributed by atoms with Crippen molar-refractivity contribution in [2.24, 2.45) is 0 Å². The van der Waals surface area contributed by atoms with Crippen molar-refractivity contribution in [2.75, 3.05) is 27.4 Å². The van der Waals surface area contributed by atoms with Crippen LogP contribution in [0.3, 0.4) is 0 Å². The summed E-state index contributed by atoms with van der Waals surface area (Å²) in [6.07, 6.45) is 1.99. The molecule has 0 amide bonds. The molecular formula is C14H22ClNO2. The molecule has 1 N–H and O–H groups in total. The molecule has 0 aliphatic carbocycles. The first-order valence-corrected chi connectivity index (χ1v) is 6.69. The molecule has 0 heterocycles. The van der Waals surface area contributed by atoms with Crippen molar-refractivity contribution in [2.45, 2.75) is 25.8 Å². The third-order valence-electron chi connectivity index (χ3n) is 2.83. The molecule has 3 nitrogen and oxygen atoms in total. The van der Waals surface area contributed by atoms with E-state index in [1.807, 2.05) is 25.2 Å². The SMILES string of the molecule is CCCOCCC(NC)c1ccc(Cl)c(OC)c1. The molecule has 1 unspecified atom stereocenters. The summed E-state index contributed by atoms with van der Waals surface area (Å²) in [5.74, 6) is 0.712. The van der Waals surface area contributed by atoms with E-state index in [9.17, 15) is 0 Å². The molecule has 0 bridgehead atoms. The van der Waals surface area contributed by atoms with Crippen LogP contribution in [0.25, 0.3) is 0 Å². The van der Waals surface area contributed by atoms with Crippen LogP contribution < -0.4 is 10.1 Å². The maximum absolute atomic E-state index is 6.02. The van der Waals surface area contributed by atoms with E-state index < -0.39 is 0 Å². The Balaban J connectivity index is 2.63. The van der Waals surface area contributed by atoms with Gasteiger partial charge in [-0.15, -0.1) is 0 Å². The zero-order chi connectivity index (χ0) is 13.4. The Hall–Kier alpha value is -0.770. The molecule has 0 saturated heterocycles. The fourth-order valence-corrected chi connectivity index (χ4v) is 2.01. The summed E-state index contributed by atoms with van der Waals surface area (Å²) in [4.78, 5) is 0. The Morgan fingerprint density at radius 2 is 2.11 bits per heavy atom. The standard InChI is InChI=1S/C14H22ClNO2/c1-4-8-18-9-7-13(16-2)11-5-6-12(15)14(10-11)17-3/h5-6,10,13,16H,4,7-9H2,1-3H3. The number of hydrogen-bond acceptors (Lipinski definition) is 3. The summed E-state index contributed by atoms with van der Waals surface area (Å²) < 4.78 is 10.8. The molecule has 0 aromatic heterocycles. The van der Waals surface area contributed by atoms with E-state index in [2.05, 4.69) is 12.2 Å². The first-order chi connectivity index (χ1) is 8.72. The molecule has 102 valence electrons. The Morgan fingerprint density at radius 1 is 1.33 bits per heavy atom. The molecule has 1 atom stereocenters. The summed E-state index contributed by atoms with van der Waals surface area (Å²) in [6.45, 7) is 3.68. The molecule has 0 saturated carbocycles. The first kappa shape index (κ1) is 15.3.